The highest BCUT2D eigenvalue weighted by Gasteiger charge is 2.30. The number of benzene rings is 2. The quantitative estimate of drug-likeness (QED) is 0.557. The maximum atomic E-state index is 12.6. The van der Waals surface area contributed by atoms with Gasteiger partial charge in [0.2, 0.25) is 5.89 Å². The molecule has 0 aliphatic heterocycles. The molecule has 3 aromatic rings. The monoisotopic (exact) mass is 375 g/mol. The predicted molar refractivity (Wildman–Crippen MR) is 92.5 cm³/mol. The van der Waals surface area contributed by atoms with Crippen molar-refractivity contribution in [2.45, 2.75) is 26.6 Å². The normalized spacial score (nSPS) is 11.4. The number of nitrogens with zero attached hydrogens (tertiary/aromatic N) is 1. The fraction of sp³-hybridized carbons (Fsp3) is 0.200. The van der Waals surface area contributed by atoms with Gasteiger partial charge in [-0.15, -0.1) is 0 Å². The van der Waals surface area contributed by atoms with Gasteiger partial charge in [-0.25, -0.2) is 4.98 Å². The first-order valence-electron chi connectivity index (χ1n) is 8.12. The standard InChI is InChI=1S/C20H16F3NO3/c1-12(25)14-5-9-17(10-6-14)26-11-18-13(2)27-19(24-18)15-3-7-16(8-4-15)20(21,22)23/h3-10H,11H2,1-2H3. The highest BCUT2D eigenvalue weighted by molar-refractivity contribution is 5.94. The molecule has 0 saturated carbocycles. The Bertz CT molecular complexity index is 942. The van der Waals surface area contributed by atoms with E-state index in [2.05, 4.69) is 4.98 Å². The minimum Gasteiger partial charge on any atom is -0.487 e. The zero-order valence-electron chi connectivity index (χ0n) is 14.6. The van der Waals surface area contributed by atoms with E-state index in [1.807, 2.05) is 0 Å². The number of ether oxygens (including phenoxy) is 1. The van der Waals surface area contributed by atoms with E-state index in [1.165, 1.54) is 19.1 Å². The van der Waals surface area contributed by atoms with Crippen molar-refractivity contribution < 1.29 is 27.1 Å². The number of carbonyl (C=O) groups is 1. The van der Waals surface area contributed by atoms with Gasteiger partial charge in [0.15, 0.2) is 5.78 Å². The van der Waals surface area contributed by atoms with Crippen molar-refractivity contribution in [3.05, 3.63) is 71.1 Å². The molecule has 0 aliphatic carbocycles. The van der Waals surface area contributed by atoms with Gasteiger partial charge < -0.3 is 9.15 Å². The van der Waals surface area contributed by atoms with E-state index in [0.717, 1.165) is 12.1 Å². The third kappa shape index (κ3) is 4.36. The topological polar surface area (TPSA) is 52.3 Å². The van der Waals surface area contributed by atoms with Crippen molar-refractivity contribution in [1.29, 1.82) is 0 Å². The van der Waals surface area contributed by atoms with Crippen LogP contribution in [0, 0.1) is 6.92 Å². The number of rotatable bonds is 5. The van der Waals surface area contributed by atoms with Crippen LogP contribution in [0.4, 0.5) is 13.2 Å². The first kappa shape index (κ1) is 18.7. The Morgan fingerprint density at radius 3 is 2.26 bits per heavy atom. The van der Waals surface area contributed by atoms with E-state index >= 15 is 0 Å². The summed E-state index contributed by atoms with van der Waals surface area (Å²) in [7, 11) is 0. The summed E-state index contributed by atoms with van der Waals surface area (Å²) < 4.78 is 49.1. The zero-order chi connectivity index (χ0) is 19.6. The number of oxazole rings is 1. The van der Waals surface area contributed by atoms with E-state index < -0.39 is 11.7 Å². The molecule has 0 fully saturated rings. The van der Waals surface area contributed by atoms with Crippen molar-refractivity contribution in [2.24, 2.45) is 0 Å². The molecule has 0 saturated heterocycles. The van der Waals surface area contributed by atoms with Gasteiger partial charge >= 0.3 is 6.18 Å². The van der Waals surface area contributed by atoms with E-state index in [9.17, 15) is 18.0 Å². The molecule has 0 spiro atoms. The SMILES string of the molecule is CC(=O)c1ccc(OCc2nc(-c3ccc(C(F)(F)F)cc3)oc2C)cc1. The largest absolute Gasteiger partial charge is 0.487 e. The van der Waals surface area contributed by atoms with Crippen LogP contribution in [0.3, 0.4) is 0 Å². The summed E-state index contributed by atoms with van der Waals surface area (Å²) in [5.41, 5.74) is 0.848. The third-order valence-corrected chi connectivity index (χ3v) is 3.99. The molecule has 0 aliphatic rings. The summed E-state index contributed by atoms with van der Waals surface area (Å²) >= 11 is 0. The fourth-order valence-corrected chi connectivity index (χ4v) is 2.42. The van der Waals surface area contributed by atoms with Crippen LogP contribution >= 0.6 is 0 Å². The van der Waals surface area contributed by atoms with Crippen molar-refractivity contribution in [3.8, 4) is 17.2 Å². The van der Waals surface area contributed by atoms with Crippen LogP contribution in [0.15, 0.2) is 52.9 Å². The van der Waals surface area contributed by atoms with Gasteiger partial charge in [0.05, 0.1) is 5.56 Å². The summed E-state index contributed by atoms with van der Waals surface area (Å²) in [5.74, 6) is 1.28. The van der Waals surface area contributed by atoms with E-state index in [-0.39, 0.29) is 18.3 Å². The van der Waals surface area contributed by atoms with Gasteiger partial charge in [-0.05, 0) is 62.4 Å². The molecule has 0 radical (unpaired) electrons. The number of Topliss-reactive ketones (excluding diaryl/α,β-unsaturated/α-hetero) is 1. The molecule has 4 nitrogen and oxygen atoms in total. The number of aromatic nitrogens is 1. The summed E-state index contributed by atoms with van der Waals surface area (Å²) in [6.07, 6.45) is -4.39. The molecular formula is C20H16F3NO3. The molecule has 0 unspecified atom stereocenters. The van der Waals surface area contributed by atoms with Crippen molar-refractivity contribution in [3.63, 3.8) is 0 Å². The third-order valence-electron chi connectivity index (χ3n) is 3.99. The molecule has 140 valence electrons. The van der Waals surface area contributed by atoms with Crippen LogP contribution < -0.4 is 4.74 Å². The Morgan fingerprint density at radius 2 is 1.70 bits per heavy atom. The van der Waals surface area contributed by atoms with Gasteiger partial charge in [-0.2, -0.15) is 13.2 Å². The summed E-state index contributed by atoms with van der Waals surface area (Å²) in [4.78, 5) is 15.6. The van der Waals surface area contributed by atoms with Crippen LogP contribution in [0.2, 0.25) is 0 Å². The number of carbonyl (C=O) groups excluding carboxylic acids is 1. The molecule has 0 N–H and O–H groups in total. The second-order valence-electron chi connectivity index (χ2n) is 5.97. The average Bonchev–Trinajstić information content (AvgIpc) is 3.00. The van der Waals surface area contributed by atoms with Crippen molar-refractivity contribution in [2.75, 3.05) is 0 Å². The molecule has 0 bridgehead atoms. The summed E-state index contributed by atoms with van der Waals surface area (Å²) in [5, 5.41) is 0. The molecule has 1 aromatic heterocycles. The predicted octanol–water partition coefficient (Wildman–Crippen LogP) is 5.45. The first-order valence-corrected chi connectivity index (χ1v) is 8.12. The lowest BCUT2D eigenvalue weighted by Crippen LogP contribution is -2.04. The number of halogens is 3. The van der Waals surface area contributed by atoms with Gasteiger partial charge in [0, 0.05) is 11.1 Å². The van der Waals surface area contributed by atoms with Crippen LogP contribution in [0.5, 0.6) is 5.75 Å². The number of ketones is 1. The van der Waals surface area contributed by atoms with E-state index in [0.29, 0.717) is 28.3 Å². The molecule has 7 heteroatoms. The lowest BCUT2D eigenvalue weighted by Gasteiger charge is -2.06. The lowest BCUT2D eigenvalue weighted by atomic mass is 10.1. The van der Waals surface area contributed by atoms with E-state index in [1.54, 1.807) is 31.2 Å². The van der Waals surface area contributed by atoms with Crippen LogP contribution in [0.25, 0.3) is 11.5 Å². The summed E-state index contributed by atoms with van der Waals surface area (Å²) in [6.45, 7) is 3.32. The summed E-state index contributed by atoms with van der Waals surface area (Å²) in [6, 6.07) is 11.3. The molecule has 3 rings (SSSR count). The molecular weight excluding hydrogens is 359 g/mol. The Kier molecular flexibility index (Phi) is 5.03. The maximum Gasteiger partial charge on any atom is 0.416 e. The number of alkyl halides is 3. The Hall–Kier alpha value is -3.09. The molecule has 0 amide bonds. The first-order chi connectivity index (χ1) is 12.7. The minimum absolute atomic E-state index is 0.0323. The van der Waals surface area contributed by atoms with Gasteiger partial charge in [-0.1, -0.05) is 0 Å². The van der Waals surface area contributed by atoms with E-state index in [4.69, 9.17) is 9.15 Å². The Balaban J connectivity index is 1.71. The Labute approximate surface area is 153 Å². The Morgan fingerprint density at radius 1 is 1.07 bits per heavy atom. The van der Waals surface area contributed by atoms with Crippen LogP contribution in [-0.4, -0.2) is 10.8 Å². The van der Waals surface area contributed by atoms with Gasteiger partial charge in [0.25, 0.3) is 0 Å². The minimum atomic E-state index is -4.39. The maximum absolute atomic E-state index is 12.6. The highest BCUT2D eigenvalue weighted by Crippen LogP contribution is 2.31. The van der Waals surface area contributed by atoms with Gasteiger partial charge in [0.1, 0.15) is 23.8 Å². The smallest absolute Gasteiger partial charge is 0.416 e. The molecule has 1 heterocycles. The number of hydrogen-bond acceptors (Lipinski definition) is 4. The second-order valence-corrected chi connectivity index (χ2v) is 5.97. The average molecular weight is 375 g/mol. The lowest BCUT2D eigenvalue weighted by molar-refractivity contribution is -0.137. The van der Waals surface area contributed by atoms with Gasteiger partial charge in [-0.3, -0.25) is 4.79 Å². The number of aryl methyl sites for hydroxylation is 1. The highest BCUT2D eigenvalue weighted by atomic mass is 19.4. The van der Waals surface area contributed by atoms with Crippen LogP contribution in [-0.2, 0) is 12.8 Å². The van der Waals surface area contributed by atoms with Crippen LogP contribution in [0.1, 0.15) is 34.3 Å². The number of hydrogen-bond donors (Lipinski definition) is 0. The molecule has 0 atom stereocenters. The molecule has 2 aromatic carbocycles. The zero-order valence-corrected chi connectivity index (χ0v) is 14.6. The fourth-order valence-electron chi connectivity index (χ4n) is 2.42. The molecule has 27 heavy (non-hydrogen) atoms. The van der Waals surface area contributed by atoms with Crippen molar-refractivity contribution in [1.82, 2.24) is 4.98 Å². The van der Waals surface area contributed by atoms with Crippen molar-refractivity contribution >= 4 is 5.78 Å². The second kappa shape index (κ2) is 7.26.